The maximum Gasteiger partial charge on any atom is 0.410 e. The van der Waals surface area contributed by atoms with Gasteiger partial charge in [-0.15, -0.1) is 10.2 Å². The number of rotatable bonds is 4. The molecular formula is C23H26F2N4O4. The molecule has 1 saturated carbocycles. The monoisotopic (exact) mass is 460 g/mol. The fourth-order valence-corrected chi connectivity index (χ4v) is 5.02. The minimum Gasteiger partial charge on any atom is -0.444 e. The maximum absolute atomic E-state index is 13.3. The molecule has 33 heavy (non-hydrogen) atoms. The van der Waals surface area contributed by atoms with E-state index in [9.17, 15) is 18.4 Å². The Labute approximate surface area is 189 Å². The van der Waals surface area contributed by atoms with Gasteiger partial charge in [-0.2, -0.15) is 8.78 Å². The van der Waals surface area contributed by atoms with Crippen LogP contribution in [0.1, 0.15) is 73.2 Å². The van der Waals surface area contributed by atoms with Crippen molar-refractivity contribution in [2.45, 2.75) is 70.1 Å². The van der Waals surface area contributed by atoms with Gasteiger partial charge in [-0.05, 0) is 56.2 Å². The summed E-state index contributed by atoms with van der Waals surface area (Å²) in [6.07, 6.45) is 3.05. The molecule has 10 heteroatoms. The molecule has 1 saturated heterocycles. The van der Waals surface area contributed by atoms with Crippen molar-refractivity contribution >= 4 is 12.0 Å². The summed E-state index contributed by atoms with van der Waals surface area (Å²) in [6, 6.07) is 4.89. The number of amides is 2. The third-order valence-corrected chi connectivity index (χ3v) is 6.75. The first-order chi connectivity index (χ1) is 16.0. The van der Waals surface area contributed by atoms with Crippen molar-refractivity contribution < 1.29 is 27.5 Å². The third kappa shape index (κ3) is 4.30. The smallest absolute Gasteiger partial charge is 0.410 e. The second-order valence-corrected chi connectivity index (χ2v) is 8.87. The summed E-state index contributed by atoms with van der Waals surface area (Å²) in [5.74, 6) is -0.962. The molecular weight excluding hydrogens is 434 g/mol. The van der Waals surface area contributed by atoms with Gasteiger partial charge in [0, 0.05) is 30.8 Å². The van der Waals surface area contributed by atoms with Gasteiger partial charge in [0.05, 0.1) is 6.04 Å². The lowest BCUT2D eigenvalue weighted by molar-refractivity contribution is -0.00877. The molecule has 1 aromatic carbocycles. The van der Waals surface area contributed by atoms with E-state index < -0.39 is 12.3 Å². The summed E-state index contributed by atoms with van der Waals surface area (Å²) in [5.41, 5.74) is 1.74. The number of hydrogen-bond acceptors (Lipinski definition) is 6. The molecule has 5 rings (SSSR count). The fraction of sp³-hybridized carbons (Fsp3) is 0.565. The number of carbonyl (C=O) groups excluding carboxylic acids is 2. The summed E-state index contributed by atoms with van der Waals surface area (Å²) in [6.45, 7) is 1.86. The van der Waals surface area contributed by atoms with Crippen molar-refractivity contribution in [1.82, 2.24) is 20.0 Å². The van der Waals surface area contributed by atoms with Gasteiger partial charge in [-0.25, -0.2) is 4.79 Å². The van der Waals surface area contributed by atoms with Crippen LogP contribution in [-0.4, -0.2) is 57.2 Å². The van der Waals surface area contributed by atoms with E-state index in [1.807, 2.05) is 0 Å². The molecule has 2 atom stereocenters. The van der Waals surface area contributed by atoms with Gasteiger partial charge >= 0.3 is 12.5 Å². The second-order valence-electron chi connectivity index (χ2n) is 8.87. The number of halogens is 2. The molecule has 0 unspecified atom stereocenters. The number of piperidine rings is 1. The van der Waals surface area contributed by atoms with Crippen molar-refractivity contribution in [3.05, 3.63) is 35.2 Å². The van der Waals surface area contributed by atoms with Gasteiger partial charge in [0.25, 0.3) is 11.8 Å². The average molecular weight is 460 g/mol. The van der Waals surface area contributed by atoms with E-state index in [1.165, 1.54) is 0 Å². The minimum absolute atomic E-state index is 0.0506. The Morgan fingerprint density at radius 2 is 1.88 bits per heavy atom. The van der Waals surface area contributed by atoms with Crippen LogP contribution in [0.15, 0.2) is 22.6 Å². The molecule has 2 fully saturated rings. The Kier molecular flexibility index (Phi) is 5.99. The lowest BCUT2D eigenvalue weighted by Crippen LogP contribution is -2.49. The van der Waals surface area contributed by atoms with Crippen molar-refractivity contribution in [3.63, 3.8) is 0 Å². The van der Waals surface area contributed by atoms with Gasteiger partial charge in [0.1, 0.15) is 6.10 Å². The highest BCUT2D eigenvalue weighted by atomic mass is 19.3. The van der Waals surface area contributed by atoms with E-state index >= 15 is 0 Å². The van der Waals surface area contributed by atoms with Gasteiger partial charge in [0.15, 0.2) is 0 Å². The summed E-state index contributed by atoms with van der Waals surface area (Å²) >= 11 is 0. The summed E-state index contributed by atoms with van der Waals surface area (Å²) in [5, 5.41) is 7.03. The standard InChI is InChI=1S/C23H26F2N4O4/c24-19(25)21-27-26-20(33-21)14-8-9-15-13-29(22(30)16(15)12-14)17-6-2-3-7-18(17)32-23(31)28-10-4-1-5-11-28/h8-9,12,17-19H,1-7,10-11,13H2/t17-,18-/m1/s1. The van der Waals surface area contributed by atoms with Gasteiger partial charge in [0.2, 0.25) is 5.89 Å². The molecule has 176 valence electrons. The summed E-state index contributed by atoms with van der Waals surface area (Å²) < 4.78 is 36.5. The predicted octanol–water partition coefficient (Wildman–Crippen LogP) is 4.56. The third-order valence-electron chi connectivity index (χ3n) is 6.75. The first-order valence-electron chi connectivity index (χ1n) is 11.5. The quantitative estimate of drug-likeness (QED) is 0.665. The van der Waals surface area contributed by atoms with Crippen molar-refractivity contribution in [2.75, 3.05) is 13.1 Å². The van der Waals surface area contributed by atoms with Crippen LogP contribution in [0.4, 0.5) is 13.6 Å². The SMILES string of the molecule is O=C(O[C@@H]1CCCC[C@H]1N1Cc2ccc(-c3nnc(C(F)F)o3)cc2C1=O)N1CCCCC1. The topological polar surface area (TPSA) is 88.8 Å². The van der Waals surface area contributed by atoms with Crippen LogP contribution in [-0.2, 0) is 11.3 Å². The number of hydrogen-bond donors (Lipinski definition) is 0. The van der Waals surface area contributed by atoms with E-state index in [1.54, 1.807) is 28.0 Å². The van der Waals surface area contributed by atoms with Crippen LogP contribution >= 0.6 is 0 Å². The predicted molar refractivity (Wildman–Crippen MR) is 113 cm³/mol. The largest absolute Gasteiger partial charge is 0.444 e. The van der Waals surface area contributed by atoms with E-state index in [0.717, 1.165) is 63.6 Å². The zero-order valence-corrected chi connectivity index (χ0v) is 18.2. The lowest BCUT2D eigenvalue weighted by Gasteiger charge is -2.38. The Morgan fingerprint density at radius 3 is 2.64 bits per heavy atom. The highest BCUT2D eigenvalue weighted by Crippen LogP contribution is 2.35. The fourth-order valence-electron chi connectivity index (χ4n) is 5.02. The molecule has 0 spiro atoms. The van der Waals surface area contributed by atoms with Gasteiger partial charge in [-0.3, -0.25) is 4.79 Å². The Balaban J connectivity index is 1.32. The molecule has 8 nitrogen and oxygen atoms in total. The molecule has 3 heterocycles. The normalized spacial score (nSPS) is 23.2. The zero-order valence-electron chi connectivity index (χ0n) is 18.2. The van der Waals surface area contributed by atoms with Crippen molar-refractivity contribution in [2.24, 2.45) is 0 Å². The summed E-state index contributed by atoms with van der Waals surface area (Å²) in [7, 11) is 0. The van der Waals surface area contributed by atoms with E-state index in [2.05, 4.69) is 10.2 Å². The zero-order chi connectivity index (χ0) is 22.9. The molecule has 2 aromatic rings. The first-order valence-corrected chi connectivity index (χ1v) is 11.5. The Hall–Kier alpha value is -3.04. The average Bonchev–Trinajstić information content (AvgIpc) is 3.45. The van der Waals surface area contributed by atoms with Crippen LogP contribution in [0.25, 0.3) is 11.5 Å². The van der Waals surface area contributed by atoms with Crippen LogP contribution in [0, 0.1) is 0 Å². The maximum atomic E-state index is 13.3. The first kappa shape index (κ1) is 21.8. The number of ether oxygens (including phenoxy) is 1. The van der Waals surface area contributed by atoms with E-state index in [4.69, 9.17) is 9.15 Å². The number of nitrogens with zero attached hydrogens (tertiary/aromatic N) is 4. The molecule has 0 N–H and O–H groups in total. The van der Waals surface area contributed by atoms with Crippen LogP contribution in [0.3, 0.4) is 0 Å². The number of likely N-dealkylation sites (tertiary alicyclic amines) is 1. The summed E-state index contributed by atoms with van der Waals surface area (Å²) in [4.78, 5) is 29.6. The molecule has 1 aliphatic carbocycles. The highest BCUT2D eigenvalue weighted by Gasteiger charge is 2.40. The number of benzene rings is 1. The van der Waals surface area contributed by atoms with Gasteiger partial charge < -0.3 is 19.0 Å². The Bertz CT molecular complexity index is 1040. The molecule has 1 aromatic heterocycles. The minimum atomic E-state index is -2.85. The molecule has 3 aliphatic rings. The number of carbonyl (C=O) groups is 2. The van der Waals surface area contributed by atoms with E-state index in [0.29, 0.717) is 17.7 Å². The molecule has 2 amide bonds. The molecule has 2 aliphatic heterocycles. The van der Waals surface area contributed by atoms with Crippen LogP contribution in [0.5, 0.6) is 0 Å². The second kappa shape index (κ2) is 9.07. The molecule has 0 radical (unpaired) electrons. The Morgan fingerprint density at radius 1 is 1.09 bits per heavy atom. The van der Waals surface area contributed by atoms with Crippen LogP contribution in [0.2, 0.25) is 0 Å². The lowest BCUT2D eigenvalue weighted by atomic mass is 9.91. The van der Waals surface area contributed by atoms with Crippen LogP contribution < -0.4 is 0 Å². The number of alkyl halides is 2. The number of fused-ring (bicyclic) bond motifs is 1. The van der Waals surface area contributed by atoms with Gasteiger partial charge in [-0.1, -0.05) is 12.5 Å². The highest BCUT2D eigenvalue weighted by molar-refractivity contribution is 5.99. The molecule has 0 bridgehead atoms. The van der Waals surface area contributed by atoms with Crippen molar-refractivity contribution in [1.29, 1.82) is 0 Å². The van der Waals surface area contributed by atoms with E-state index in [-0.39, 0.29) is 30.0 Å². The van der Waals surface area contributed by atoms with Crippen molar-refractivity contribution in [3.8, 4) is 11.5 Å². The number of aromatic nitrogens is 2.